The number of Topliss-reactive ketones (excluding diaryl/α,β-unsaturated/α-hetero) is 2. The number of carbonyl (C=O) groups is 2. The van der Waals surface area contributed by atoms with Crippen LogP contribution in [0.2, 0.25) is 20.1 Å². The SMILES string of the molecule is CSC1=Nc2c(Cl)c(Cl)c(Cl)c(Cl)c2C(=O)C1C(C)=O. The molecule has 8 heteroatoms. The first-order valence-electron chi connectivity index (χ1n) is 5.34. The minimum atomic E-state index is -0.969. The fraction of sp³-hybridized carbons (Fsp3) is 0.250. The molecule has 0 aliphatic carbocycles. The normalized spacial score (nSPS) is 17.8. The zero-order valence-corrected chi connectivity index (χ0v) is 14.1. The van der Waals surface area contributed by atoms with Crippen LogP contribution in [0.5, 0.6) is 0 Å². The number of hydrogen-bond donors (Lipinski definition) is 0. The van der Waals surface area contributed by atoms with E-state index in [1.54, 1.807) is 6.26 Å². The van der Waals surface area contributed by atoms with Crippen LogP contribution in [0.4, 0.5) is 5.69 Å². The molecule has 0 spiro atoms. The van der Waals surface area contributed by atoms with Crippen molar-refractivity contribution in [1.82, 2.24) is 0 Å². The Labute approximate surface area is 139 Å². The van der Waals surface area contributed by atoms with Crippen LogP contribution >= 0.6 is 58.2 Å². The summed E-state index contributed by atoms with van der Waals surface area (Å²) in [5, 5.41) is 0.409. The smallest absolute Gasteiger partial charge is 0.183 e. The van der Waals surface area contributed by atoms with Crippen LogP contribution in [0.3, 0.4) is 0 Å². The summed E-state index contributed by atoms with van der Waals surface area (Å²) in [6.07, 6.45) is 1.72. The van der Waals surface area contributed by atoms with Gasteiger partial charge in [0.05, 0.1) is 36.4 Å². The van der Waals surface area contributed by atoms with Crippen LogP contribution in [-0.2, 0) is 4.79 Å². The Kier molecular flexibility index (Phi) is 4.72. The molecule has 1 aliphatic rings. The number of nitrogens with zero attached hydrogens (tertiary/aromatic N) is 1. The Morgan fingerprint density at radius 3 is 2.15 bits per heavy atom. The van der Waals surface area contributed by atoms with Crippen molar-refractivity contribution in [2.75, 3.05) is 6.26 Å². The van der Waals surface area contributed by atoms with Crippen LogP contribution in [0, 0.1) is 5.92 Å². The summed E-state index contributed by atoms with van der Waals surface area (Å²) in [6, 6.07) is 0. The first-order valence-corrected chi connectivity index (χ1v) is 8.08. The fourth-order valence-corrected chi connectivity index (χ4v) is 3.57. The van der Waals surface area contributed by atoms with Crippen molar-refractivity contribution in [3.63, 3.8) is 0 Å². The van der Waals surface area contributed by atoms with Gasteiger partial charge in [0.25, 0.3) is 0 Å². The maximum atomic E-state index is 12.5. The number of carbonyl (C=O) groups excluding carboxylic acids is 2. The average Bonchev–Trinajstić information content (AvgIpc) is 2.41. The van der Waals surface area contributed by atoms with Gasteiger partial charge < -0.3 is 0 Å². The molecule has 3 nitrogen and oxygen atoms in total. The molecule has 0 fully saturated rings. The minimum Gasteiger partial charge on any atom is -0.299 e. The first kappa shape index (κ1) is 16.1. The molecule has 0 N–H and O–H groups in total. The van der Waals surface area contributed by atoms with Gasteiger partial charge in [-0.05, 0) is 13.2 Å². The molecule has 0 saturated heterocycles. The van der Waals surface area contributed by atoms with E-state index in [0.717, 1.165) is 0 Å². The topological polar surface area (TPSA) is 46.5 Å². The van der Waals surface area contributed by atoms with E-state index >= 15 is 0 Å². The fourth-order valence-electron chi connectivity index (χ4n) is 1.90. The third kappa shape index (κ3) is 2.38. The molecule has 106 valence electrons. The van der Waals surface area contributed by atoms with Gasteiger partial charge in [0.2, 0.25) is 0 Å². The van der Waals surface area contributed by atoms with E-state index in [2.05, 4.69) is 4.99 Å². The zero-order valence-electron chi connectivity index (χ0n) is 10.3. The lowest BCUT2D eigenvalue weighted by Gasteiger charge is -2.23. The molecule has 0 saturated carbocycles. The number of ketones is 2. The van der Waals surface area contributed by atoms with Crippen molar-refractivity contribution < 1.29 is 9.59 Å². The molecule has 1 aromatic carbocycles. The number of thioether (sulfide) groups is 1. The molecule has 2 rings (SSSR count). The number of benzene rings is 1. The molecule has 0 bridgehead atoms. The average molecular weight is 371 g/mol. The van der Waals surface area contributed by atoms with Gasteiger partial charge in [0, 0.05) is 0 Å². The Morgan fingerprint density at radius 1 is 1.10 bits per heavy atom. The summed E-state index contributed by atoms with van der Waals surface area (Å²) in [5.74, 6) is -1.74. The maximum absolute atomic E-state index is 12.5. The third-order valence-corrected chi connectivity index (χ3v) is 5.37. The predicted octanol–water partition coefficient (Wildman–Crippen LogP) is 5.09. The highest BCUT2D eigenvalue weighted by Gasteiger charge is 2.38. The standard InChI is InChI=1S/C12H7Cl4NO2S/c1-3(18)4-11(19)5-6(13)7(14)8(15)9(16)10(5)17-12(4)20-2/h4H,1-2H3. The molecule has 0 aromatic heterocycles. The van der Waals surface area contributed by atoms with Gasteiger partial charge in [-0.25, -0.2) is 4.99 Å². The molecule has 1 atom stereocenters. The van der Waals surface area contributed by atoms with Crippen LogP contribution in [0.15, 0.2) is 4.99 Å². The molecular formula is C12H7Cl4NO2S. The summed E-state index contributed by atoms with van der Waals surface area (Å²) in [6.45, 7) is 1.33. The van der Waals surface area contributed by atoms with Crippen molar-refractivity contribution in [3.8, 4) is 0 Å². The lowest BCUT2D eigenvalue weighted by atomic mass is 9.91. The van der Waals surface area contributed by atoms with E-state index in [0.29, 0.717) is 5.04 Å². The number of aliphatic imine (C=N–C) groups is 1. The van der Waals surface area contributed by atoms with E-state index in [1.807, 2.05) is 0 Å². The summed E-state index contributed by atoms with van der Waals surface area (Å²) in [7, 11) is 0. The quantitative estimate of drug-likeness (QED) is 0.392. The second kappa shape index (κ2) is 5.85. The highest BCUT2D eigenvalue weighted by atomic mass is 35.5. The lowest BCUT2D eigenvalue weighted by Crippen LogP contribution is -2.31. The largest absolute Gasteiger partial charge is 0.299 e. The van der Waals surface area contributed by atoms with Gasteiger partial charge >= 0.3 is 0 Å². The van der Waals surface area contributed by atoms with Gasteiger partial charge in [0.1, 0.15) is 11.7 Å². The lowest BCUT2D eigenvalue weighted by molar-refractivity contribution is -0.117. The zero-order chi connectivity index (χ0) is 15.2. The third-order valence-electron chi connectivity index (χ3n) is 2.84. The van der Waals surface area contributed by atoms with E-state index in [4.69, 9.17) is 46.4 Å². The molecule has 1 heterocycles. The molecular weight excluding hydrogens is 364 g/mol. The number of fused-ring (bicyclic) bond motifs is 1. The summed E-state index contributed by atoms with van der Waals surface area (Å²) < 4.78 is 0. The number of halogens is 4. The Balaban J connectivity index is 2.84. The van der Waals surface area contributed by atoms with Gasteiger partial charge in [-0.1, -0.05) is 46.4 Å². The van der Waals surface area contributed by atoms with E-state index in [9.17, 15) is 9.59 Å². The second-order valence-corrected chi connectivity index (χ2v) is 6.38. The van der Waals surface area contributed by atoms with Crippen molar-refractivity contribution in [2.24, 2.45) is 10.9 Å². The van der Waals surface area contributed by atoms with E-state index in [1.165, 1.54) is 18.7 Å². The number of rotatable bonds is 1. The van der Waals surface area contributed by atoms with Crippen molar-refractivity contribution in [3.05, 3.63) is 25.7 Å². The van der Waals surface area contributed by atoms with Gasteiger partial charge in [-0.15, -0.1) is 11.8 Å². The van der Waals surface area contributed by atoms with Crippen molar-refractivity contribution >= 4 is 80.5 Å². The number of hydrogen-bond acceptors (Lipinski definition) is 4. The first-order chi connectivity index (χ1) is 9.31. The predicted molar refractivity (Wildman–Crippen MR) is 85.6 cm³/mol. The van der Waals surface area contributed by atoms with Crippen LogP contribution in [0.25, 0.3) is 0 Å². The summed E-state index contributed by atoms with van der Waals surface area (Å²) in [5.41, 5.74) is 0.210. The summed E-state index contributed by atoms with van der Waals surface area (Å²) in [4.78, 5) is 28.4. The Bertz CT molecular complexity index is 672. The Morgan fingerprint density at radius 2 is 1.65 bits per heavy atom. The molecule has 0 amide bonds. The highest BCUT2D eigenvalue weighted by molar-refractivity contribution is 8.13. The van der Waals surface area contributed by atoms with Gasteiger partial charge in [0.15, 0.2) is 5.78 Å². The van der Waals surface area contributed by atoms with Crippen molar-refractivity contribution in [2.45, 2.75) is 6.92 Å². The molecule has 1 aromatic rings. The monoisotopic (exact) mass is 369 g/mol. The summed E-state index contributed by atoms with van der Waals surface area (Å²) >= 11 is 25.2. The maximum Gasteiger partial charge on any atom is 0.183 e. The van der Waals surface area contributed by atoms with Gasteiger partial charge in [-0.2, -0.15) is 0 Å². The second-order valence-electron chi connectivity index (χ2n) is 4.04. The minimum absolute atomic E-state index is 0.0180. The highest BCUT2D eigenvalue weighted by Crippen LogP contribution is 2.48. The van der Waals surface area contributed by atoms with Crippen LogP contribution in [0.1, 0.15) is 17.3 Å². The van der Waals surface area contributed by atoms with E-state index in [-0.39, 0.29) is 37.1 Å². The molecule has 20 heavy (non-hydrogen) atoms. The van der Waals surface area contributed by atoms with Gasteiger partial charge in [-0.3, -0.25) is 9.59 Å². The Hall–Kier alpha value is -0.260. The molecule has 1 aliphatic heterocycles. The van der Waals surface area contributed by atoms with Crippen LogP contribution < -0.4 is 0 Å². The van der Waals surface area contributed by atoms with E-state index < -0.39 is 11.7 Å². The van der Waals surface area contributed by atoms with Crippen molar-refractivity contribution in [1.29, 1.82) is 0 Å². The molecule has 0 radical (unpaired) electrons. The van der Waals surface area contributed by atoms with Crippen LogP contribution in [-0.4, -0.2) is 22.9 Å². The molecule has 1 unspecified atom stereocenters.